The number of nitrogens with zero attached hydrogens (tertiary/aromatic N) is 3. The van der Waals surface area contributed by atoms with Crippen molar-refractivity contribution in [2.24, 2.45) is 5.73 Å². The van der Waals surface area contributed by atoms with Crippen LogP contribution in [-0.2, 0) is 17.8 Å². The van der Waals surface area contributed by atoms with Crippen LogP contribution in [0.3, 0.4) is 0 Å². The molecular formula is C15H19FN4O2S. The average Bonchev–Trinajstić information content (AvgIpc) is 2.93. The Balaban J connectivity index is 1.83. The molecule has 0 saturated heterocycles. The van der Waals surface area contributed by atoms with Crippen LogP contribution in [0.2, 0.25) is 0 Å². The van der Waals surface area contributed by atoms with Crippen molar-refractivity contribution in [2.45, 2.75) is 31.5 Å². The van der Waals surface area contributed by atoms with Crippen LogP contribution in [0.15, 0.2) is 29.4 Å². The first kappa shape index (κ1) is 17.3. The van der Waals surface area contributed by atoms with Crippen molar-refractivity contribution in [3.05, 3.63) is 35.9 Å². The lowest BCUT2D eigenvalue weighted by Gasteiger charge is -2.08. The number of amides is 1. The number of aryl methyl sites for hydroxylation is 1. The van der Waals surface area contributed by atoms with Crippen molar-refractivity contribution in [2.75, 3.05) is 12.4 Å². The number of halogens is 1. The quantitative estimate of drug-likeness (QED) is 0.559. The van der Waals surface area contributed by atoms with Crippen LogP contribution < -0.4 is 10.5 Å². The van der Waals surface area contributed by atoms with Gasteiger partial charge in [-0.1, -0.05) is 11.8 Å². The van der Waals surface area contributed by atoms with Gasteiger partial charge in [-0.25, -0.2) is 4.39 Å². The number of primary amides is 1. The minimum Gasteiger partial charge on any atom is -0.493 e. The fourth-order valence-corrected chi connectivity index (χ4v) is 2.82. The minimum absolute atomic E-state index is 0.260. The zero-order valence-corrected chi connectivity index (χ0v) is 13.7. The summed E-state index contributed by atoms with van der Waals surface area (Å²) in [5.41, 5.74) is 5.16. The molecule has 0 aliphatic carbocycles. The summed E-state index contributed by atoms with van der Waals surface area (Å²) in [6.07, 6.45) is 0.749. The van der Waals surface area contributed by atoms with Crippen LogP contribution >= 0.6 is 11.8 Å². The zero-order chi connectivity index (χ0) is 16.7. The number of thioether (sulfide) groups is 1. The zero-order valence-electron chi connectivity index (χ0n) is 12.9. The van der Waals surface area contributed by atoms with Crippen LogP contribution in [0.25, 0.3) is 0 Å². The van der Waals surface area contributed by atoms with E-state index in [0.29, 0.717) is 24.5 Å². The first-order valence-electron chi connectivity index (χ1n) is 7.31. The standard InChI is InChI=1S/C15H19FN4O2S/c1-2-20-14(8-7-13(17)21)18-19-15(20)23-10-9-22-12-5-3-11(16)4-6-12/h3-6H,2,7-10H2,1H3,(H2,17,21). The Morgan fingerprint density at radius 3 is 2.74 bits per heavy atom. The number of nitrogens with two attached hydrogens (primary N) is 1. The van der Waals surface area contributed by atoms with Gasteiger partial charge in [-0.15, -0.1) is 10.2 Å². The molecule has 1 aromatic carbocycles. The van der Waals surface area contributed by atoms with Crippen LogP contribution in [0.4, 0.5) is 4.39 Å². The highest BCUT2D eigenvalue weighted by Gasteiger charge is 2.12. The summed E-state index contributed by atoms with van der Waals surface area (Å²) in [5, 5.41) is 9.03. The van der Waals surface area contributed by atoms with Crippen molar-refractivity contribution in [3.63, 3.8) is 0 Å². The van der Waals surface area contributed by atoms with Crippen molar-refractivity contribution < 1.29 is 13.9 Å². The van der Waals surface area contributed by atoms with Gasteiger partial charge in [0.05, 0.1) is 6.61 Å². The lowest BCUT2D eigenvalue weighted by Crippen LogP contribution is -2.13. The molecule has 23 heavy (non-hydrogen) atoms. The highest BCUT2D eigenvalue weighted by Crippen LogP contribution is 2.18. The van der Waals surface area contributed by atoms with Crippen molar-refractivity contribution in [3.8, 4) is 5.75 Å². The SMILES string of the molecule is CCn1c(CCC(N)=O)nnc1SCCOc1ccc(F)cc1. The smallest absolute Gasteiger partial charge is 0.217 e. The Morgan fingerprint density at radius 2 is 2.09 bits per heavy atom. The molecular weight excluding hydrogens is 319 g/mol. The molecule has 6 nitrogen and oxygen atoms in total. The van der Waals surface area contributed by atoms with E-state index in [1.54, 1.807) is 12.1 Å². The van der Waals surface area contributed by atoms with Crippen LogP contribution in [-0.4, -0.2) is 33.0 Å². The second kappa shape index (κ2) is 8.52. The number of hydrogen-bond acceptors (Lipinski definition) is 5. The van der Waals surface area contributed by atoms with E-state index in [-0.39, 0.29) is 18.1 Å². The third-order valence-corrected chi connectivity index (χ3v) is 4.03. The van der Waals surface area contributed by atoms with Gasteiger partial charge in [-0.3, -0.25) is 4.79 Å². The monoisotopic (exact) mass is 338 g/mol. The molecule has 0 saturated carbocycles. The molecule has 2 aromatic rings. The van der Waals surface area contributed by atoms with E-state index in [1.165, 1.54) is 23.9 Å². The molecule has 2 rings (SSSR count). The number of hydrogen-bond donors (Lipinski definition) is 1. The number of carbonyl (C=O) groups is 1. The maximum atomic E-state index is 12.8. The predicted molar refractivity (Wildman–Crippen MR) is 85.8 cm³/mol. The Labute approximate surface area is 138 Å². The van der Waals surface area contributed by atoms with E-state index in [2.05, 4.69) is 10.2 Å². The van der Waals surface area contributed by atoms with Gasteiger partial charge in [0, 0.05) is 25.1 Å². The molecule has 0 spiro atoms. The number of ether oxygens (including phenoxy) is 1. The van der Waals surface area contributed by atoms with Crippen LogP contribution in [0.1, 0.15) is 19.2 Å². The summed E-state index contributed by atoms with van der Waals surface area (Å²) in [6.45, 7) is 3.20. The minimum atomic E-state index is -0.349. The van der Waals surface area contributed by atoms with Crippen molar-refractivity contribution in [1.29, 1.82) is 0 Å². The number of benzene rings is 1. The molecule has 0 fully saturated rings. The highest BCUT2D eigenvalue weighted by atomic mass is 32.2. The predicted octanol–water partition coefficient (Wildman–Crippen LogP) is 2.03. The Bertz CT molecular complexity index is 645. The molecule has 124 valence electrons. The molecule has 1 amide bonds. The second-order valence-electron chi connectivity index (χ2n) is 4.76. The molecule has 0 atom stereocenters. The van der Waals surface area contributed by atoms with Gasteiger partial charge in [0.15, 0.2) is 5.16 Å². The lowest BCUT2D eigenvalue weighted by atomic mass is 10.3. The van der Waals surface area contributed by atoms with Gasteiger partial charge in [-0.05, 0) is 31.2 Å². The lowest BCUT2D eigenvalue weighted by molar-refractivity contribution is -0.118. The van der Waals surface area contributed by atoms with E-state index < -0.39 is 0 Å². The van der Waals surface area contributed by atoms with Gasteiger partial charge in [-0.2, -0.15) is 0 Å². The highest BCUT2D eigenvalue weighted by molar-refractivity contribution is 7.99. The maximum absolute atomic E-state index is 12.8. The summed E-state index contributed by atoms with van der Waals surface area (Å²) in [7, 11) is 0. The Kier molecular flexibility index (Phi) is 6.40. The third kappa shape index (κ3) is 5.24. The van der Waals surface area contributed by atoms with E-state index in [0.717, 1.165) is 17.5 Å². The molecule has 0 bridgehead atoms. The summed E-state index contributed by atoms with van der Waals surface area (Å²) in [6, 6.07) is 5.91. The van der Waals surface area contributed by atoms with Crippen molar-refractivity contribution in [1.82, 2.24) is 14.8 Å². The molecule has 2 N–H and O–H groups in total. The van der Waals surface area contributed by atoms with Gasteiger partial charge in [0.1, 0.15) is 17.4 Å². The molecule has 8 heteroatoms. The van der Waals surface area contributed by atoms with Gasteiger partial charge < -0.3 is 15.0 Å². The summed E-state index contributed by atoms with van der Waals surface area (Å²) >= 11 is 1.52. The third-order valence-electron chi connectivity index (χ3n) is 3.10. The molecule has 1 heterocycles. The number of carbonyl (C=O) groups excluding carboxylic acids is 1. The van der Waals surface area contributed by atoms with Gasteiger partial charge in [0.2, 0.25) is 5.91 Å². The fourth-order valence-electron chi connectivity index (χ4n) is 1.99. The average molecular weight is 338 g/mol. The van der Waals surface area contributed by atoms with Crippen LogP contribution in [0, 0.1) is 5.82 Å². The first-order chi connectivity index (χ1) is 11.1. The maximum Gasteiger partial charge on any atom is 0.217 e. The van der Waals surface area contributed by atoms with Crippen molar-refractivity contribution >= 4 is 17.7 Å². The second-order valence-corrected chi connectivity index (χ2v) is 5.82. The summed E-state index contributed by atoms with van der Waals surface area (Å²) < 4.78 is 20.3. The van der Waals surface area contributed by atoms with E-state index in [9.17, 15) is 9.18 Å². The van der Waals surface area contributed by atoms with Crippen LogP contribution in [0.5, 0.6) is 5.75 Å². The number of aromatic nitrogens is 3. The summed E-state index contributed by atoms with van der Waals surface area (Å²) in [4.78, 5) is 10.9. The fraction of sp³-hybridized carbons (Fsp3) is 0.400. The van der Waals surface area contributed by atoms with E-state index >= 15 is 0 Å². The van der Waals surface area contributed by atoms with E-state index in [4.69, 9.17) is 10.5 Å². The molecule has 0 aliphatic heterocycles. The molecule has 0 aliphatic rings. The molecule has 0 radical (unpaired) electrons. The van der Waals surface area contributed by atoms with Gasteiger partial charge >= 0.3 is 0 Å². The topological polar surface area (TPSA) is 83.0 Å². The normalized spacial score (nSPS) is 10.7. The molecule has 1 aromatic heterocycles. The first-order valence-corrected chi connectivity index (χ1v) is 8.30. The van der Waals surface area contributed by atoms with Gasteiger partial charge in [0.25, 0.3) is 0 Å². The summed E-state index contributed by atoms with van der Waals surface area (Å²) in [5.74, 6) is 1.44. The molecule has 0 unspecified atom stereocenters. The Hall–Kier alpha value is -2.09. The Morgan fingerprint density at radius 1 is 1.35 bits per heavy atom. The number of rotatable bonds is 9. The van der Waals surface area contributed by atoms with E-state index in [1.807, 2.05) is 11.5 Å². The largest absolute Gasteiger partial charge is 0.493 e.